The predicted octanol–water partition coefficient (Wildman–Crippen LogP) is 4.29. The highest BCUT2D eigenvalue weighted by Gasteiger charge is 2.20. The molecule has 10 nitrogen and oxygen atoms in total. The number of halogens is 2. The molecule has 0 atom stereocenters. The number of nitrogens with zero attached hydrogens (tertiary/aromatic N) is 5. The molecule has 1 aliphatic heterocycles. The summed E-state index contributed by atoms with van der Waals surface area (Å²) in [6.07, 6.45) is 4.06. The number of amides is 1. The van der Waals surface area contributed by atoms with Gasteiger partial charge in [-0.1, -0.05) is 6.08 Å². The second-order valence-electron chi connectivity index (χ2n) is 9.77. The zero-order chi connectivity index (χ0) is 28.8. The molecule has 5 N–H and O–H groups in total. The van der Waals surface area contributed by atoms with Gasteiger partial charge in [0.05, 0.1) is 16.9 Å². The Morgan fingerprint density at radius 2 is 1.80 bits per heavy atom. The lowest BCUT2D eigenvalue weighted by Gasteiger charge is -2.34. The van der Waals surface area contributed by atoms with Crippen LogP contribution in [0.25, 0.3) is 11.3 Å². The summed E-state index contributed by atoms with van der Waals surface area (Å²) >= 11 is 0. The second-order valence-corrected chi connectivity index (χ2v) is 9.77. The first kappa shape index (κ1) is 28.6. The summed E-state index contributed by atoms with van der Waals surface area (Å²) in [4.78, 5) is 27.1. The number of nitrogens with two attached hydrogens (primary N) is 1. The quantitative estimate of drug-likeness (QED) is 0.228. The second kappa shape index (κ2) is 12.6. The van der Waals surface area contributed by atoms with Crippen molar-refractivity contribution in [2.24, 2.45) is 0 Å². The molecule has 3 aromatic rings. The van der Waals surface area contributed by atoms with Gasteiger partial charge in [-0.05, 0) is 57.5 Å². The number of nitrogen functional groups attached to an aromatic ring is 1. The molecule has 0 unspecified atom stereocenters. The summed E-state index contributed by atoms with van der Waals surface area (Å²) in [6, 6.07) is 8.66. The summed E-state index contributed by atoms with van der Waals surface area (Å²) < 4.78 is 29.7. The van der Waals surface area contributed by atoms with Crippen molar-refractivity contribution in [2.45, 2.75) is 0 Å². The van der Waals surface area contributed by atoms with Crippen LogP contribution in [0.3, 0.4) is 0 Å². The molecule has 1 fully saturated rings. The molecule has 0 spiro atoms. The molecule has 1 saturated heterocycles. The number of hydrogen-bond acceptors (Lipinski definition) is 9. The normalized spacial score (nSPS) is 14.1. The van der Waals surface area contributed by atoms with Gasteiger partial charge >= 0.3 is 0 Å². The molecule has 2 heterocycles. The van der Waals surface area contributed by atoms with E-state index in [-0.39, 0.29) is 44.6 Å². The van der Waals surface area contributed by atoms with Crippen LogP contribution < -0.4 is 21.3 Å². The van der Waals surface area contributed by atoms with Crippen molar-refractivity contribution in [1.29, 1.82) is 5.41 Å². The van der Waals surface area contributed by atoms with Gasteiger partial charge in [0, 0.05) is 66.2 Å². The van der Waals surface area contributed by atoms with E-state index in [0.29, 0.717) is 36.7 Å². The van der Waals surface area contributed by atoms with Gasteiger partial charge in [0.25, 0.3) is 0 Å². The van der Waals surface area contributed by atoms with E-state index in [0.717, 1.165) is 19.3 Å². The van der Waals surface area contributed by atoms with Gasteiger partial charge in [-0.15, -0.1) is 0 Å². The van der Waals surface area contributed by atoms with Crippen molar-refractivity contribution in [3.05, 3.63) is 65.7 Å². The molecule has 1 aromatic heterocycles. The Hall–Kier alpha value is -4.42. The number of anilines is 5. The zero-order valence-corrected chi connectivity index (χ0v) is 22.7. The van der Waals surface area contributed by atoms with Crippen molar-refractivity contribution >= 4 is 41.0 Å². The standard InChI is InChI=1S/C28H33F2N9O.3H2/c1-37(2)10-4-5-25(40)33-18-6-8-22(29)20(15-18)26-21(17-31)27(32)36-28(35-26)34-19-7-9-23(30)24(16-19)39-13-11-38(3)12-14-39;;;/h4-9,15-17,31H,10-14H2,1-3H3,(H,33,40)(H3,32,34,35,36);3*1H/b5-4+,31-17?;;;. The van der Waals surface area contributed by atoms with E-state index in [1.807, 2.05) is 30.9 Å². The van der Waals surface area contributed by atoms with Gasteiger partial charge in [-0.2, -0.15) is 4.98 Å². The maximum absolute atomic E-state index is 15.0. The lowest BCUT2D eigenvalue weighted by Crippen LogP contribution is -2.44. The summed E-state index contributed by atoms with van der Waals surface area (Å²) in [5.74, 6) is -1.32. The molecule has 4 rings (SSSR count). The molecule has 0 aliphatic carbocycles. The third-order valence-electron chi connectivity index (χ3n) is 6.39. The summed E-state index contributed by atoms with van der Waals surface area (Å²) in [5, 5.41) is 13.6. The van der Waals surface area contributed by atoms with Crippen molar-refractivity contribution in [2.75, 3.05) is 75.1 Å². The van der Waals surface area contributed by atoms with Crippen molar-refractivity contribution in [3.63, 3.8) is 0 Å². The molecule has 12 heteroatoms. The average molecular weight is 556 g/mol. The topological polar surface area (TPSA) is 126 Å². The Labute approximate surface area is 236 Å². The fraction of sp³-hybridized carbons (Fsp3) is 0.286. The molecule has 0 bridgehead atoms. The van der Waals surface area contributed by atoms with Crippen LogP contribution >= 0.6 is 0 Å². The summed E-state index contributed by atoms with van der Waals surface area (Å²) in [5.41, 5.74) is 7.68. The molecule has 2 aromatic carbocycles. The average Bonchev–Trinajstić information content (AvgIpc) is 2.91. The molecule has 0 saturated carbocycles. The maximum Gasteiger partial charge on any atom is 0.248 e. The number of carbonyl (C=O) groups excluding carboxylic acids is 1. The number of carbonyl (C=O) groups is 1. The molecule has 40 heavy (non-hydrogen) atoms. The Morgan fingerprint density at radius 3 is 2.50 bits per heavy atom. The van der Waals surface area contributed by atoms with Gasteiger partial charge in [0.1, 0.15) is 17.5 Å². The minimum Gasteiger partial charge on any atom is -0.383 e. The number of likely N-dealkylation sites (N-methyl/N-ethyl adjacent to an activating group) is 2. The zero-order valence-electron chi connectivity index (χ0n) is 22.7. The van der Waals surface area contributed by atoms with Crippen LogP contribution in [0.4, 0.5) is 37.6 Å². The van der Waals surface area contributed by atoms with Crippen LogP contribution in [0, 0.1) is 17.0 Å². The molecule has 0 radical (unpaired) electrons. The predicted molar refractivity (Wildman–Crippen MR) is 162 cm³/mol. The molecular formula is C28H39F2N9O. The molecule has 216 valence electrons. The van der Waals surface area contributed by atoms with E-state index >= 15 is 4.39 Å². The minimum atomic E-state index is -0.618. The smallest absolute Gasteiger partial charge is 0.248 e. The number of nitrogens with one attached hydrogen (secondary N) is 3. The van der Waals surface area contributed by atoms with Gasteiger partial charge in [-0.3, -0.25) is 4.79 Å². The van der Waals surface area contributed by atoms with E-state index in [1.165, 1.54) is 30.3 Å². The third-order valence-corrected chi connectivity index (χ3v) is 6.39. The summed E-state index contributed by atoms with van der Waals surface area (Å²) in [7, 11) is 5.79. The lowest BCUT2D eigenvalue weighted by molar-refractivity contribution is -0.111. The molecule has 1 amide bonds. The highest BCUT2D eigenvalue weighted by molar-refractivity contribution is 6.00. The van der Waals surface area contributed by atoms with Gasteiger partial charge in [-0.25, -0.2) is 13.8 Å². The third kappa shape index (κ3) is 6.96. The van der Waals surface area contributed by atoms with Crippen molar-refractivity contribution in [1.82, 2.24) is 19.8 Å². The Kier molecular flexibility index (Phi) is 9.02. The van der Waals surface area contributed by atoms with Crippen LogP contribution in [0.2, 0.25) is 0 Å². The number of hydrogen-bond donors (Lipinski definition) is 4. The Bertz CT molecular complexity index is 1430. The van der Waals surface area contributed by atoms with E-state index in [9.17, 15) is 9.18 Å². The fourth-order valence-corrected chi connectivity index (χ4v) is 4.24. The largest absolute Gasteiger partial charge is 0.383 e. The van der Waals surface area contributed by atoms with Gasteiger partial charge < -0.3 is 36.5 Å². The van der Waals surface area contributed by atoms with Gasteiger partial charge in [0.2, 0.25) is 11.9 Å². The Morgan fingerprint density at radius 1 is 1.10 bits per heavy atom. The molecular weight excluding hydrogens is 516 g/mol. The SMILES string of the molecule is CN(C)C/C=C/C(=O)Nc1ccc(F)c(-c2nc(Nc3ccc(F)c(N4CCN(C)CC4)c3)nc(N)c2C=N)c1.[HH].[HH].[HH]. The number of aromatic nitrogens is 2. The van der Waals surface area contributed by atoms with E-state index in [2.05, 4.69) is 25.5 Å². The maximum atomic E-state index is 15.0. The highest BCUT2D eigenvalue weighted by Crippen LogP contribution is 2.31. The van der Waals surface area contributed by atoms with Crippen LogP contribution in [0.15, 0.2) is 48.6 Å². The van der Waals surface area contributed by atoms with E-state index in [4.69, 9.17) is 11.1 Å². The number of rotatable bonds is 9. The molecule has 1 aliphatic rings. The van der Waals surface area contributed by atoms with Crippen molar-refractivity contribution < 1.29 is 17.9 Å². The van der Waals surface area contributed by atoms with Crippen LogP contribution in [-0.4, -0.2) is 85.8 Å². The minimum absolute atomic E-state index is 0. The van der Waals surface area contributed by atoms with Crippen LogP contribution in [0.1, 0.15) is 9.84 Å². The van der Waals surface area contributed by atoms with Crippen molar-refractivity contribution in [3.8, 4) is 11.3 Å². The monoisotopic (exact) mass is 555 g/mol. The van der Waals surface area contributed by atoms with Gasteiger partial charge in [0.15, 0.2) is 0 Å². The first-order valence-electron chi connectivity index (χ1n) is 12.7. The highest BCUT2D eigenvalue weighted by atomic mass is 19.1. The summed E-state index contributed by atoms with van der Waals surface area (Å²) in [6.45, 7) is 3.61. The van der Waals surface area contributed by atoms with E-state index in [1.54, 1.807) is 18.2 Å². The van der Waals surface area contributed by atoms with Crippen LogP contribution in [0.5, 0.6) is 0 Å². The lowest BCUT2D eigenvalue weighted by atomic mass is 10.1. The number of piperazine rings is 1. The first-order chi connectivity index (χ1) is 19.1. The Balaban J connectivity index is 0.00000308. The van der Waals surface area contributed by atoms with E-state index < -0.39 is 5.82 Å². The van der Waals surface area contributed by atoms with Crippen LogP contribution in [-0.2, 0) is 4.79 Å². The number of benzene rings is 2. The fourth-order valence-electron chi connectivity index (χ4n) is 4.24. The first-order valence-corrected chi connectivity index (χ1v) is 12.7.